The molecular weight excluding hydrogens is 194 g/mol. The van der Waals surface area contributed by atoms with Gasteiger partial charge in [0, 0.05) is 19.0 Å². The van der Waals surface area contributed by atoms with E-state index in [-0.39, 0.29) is 5.56 Å². The van der Waals surface area contributed by atoms with E-state index in [4.69, 9.17) is 0 Å². The van der Waals surface area contributed by atoms with Crippen LogP contribution < -0.4 is 5.56 Å². The molecule has 6 heteroatoms. The molecule has 15 heavy (non-hydrogen) atoms. The molecule has 6 nitrogen and oxygen atoms in total. The van der Waals surface area contributed by atoms with Crippen LogP contribution in [0.4, 0.5) is 0 Å². The first-order valence-corrected chi connectivity index (χ1v) is 4.86. The molecule has 1 saturated heterocycles. The average Bonchev–Trinajstić information content (AvgIpc) is 2.61. The Labute approximate surface area is 85.3 Å². The molecule has 0 unspecified atom stereocenters. The molecule has 0 spiro atoms. The molecule has 2 aromatic heterocycles. The van der Waals surface area contributed by atoms with Crippen LogP contribution in [-0.2, 0) is 0 Å². The number of nitrogens with one attached hydrogen (secondary N) is 2. The predicted octanol–water partition coefficient (Wildman–Crippen LogP) is -0.325. The number of aromatic amines is 2. The van der Waals surface area contributed by atoms with Gasteiger partial charge in [-0.3, -0.25) is 9.89 Å². The zero-order chi connectivity index (χ0) is 10.4. The highest BCUT2D eigenvalue weighted by Gasteiger charge is 2.27. The lowest BCUT2D eigenvalue weighted by molar-refractivity contribution is 0.183. The minimum absolute atomic E-state index is 0.137. The van der Waals surface area contributed by atoms with Gasteiger partial charge < -0.3 is 9.88 Å². The predicted molar refractivity (Wildman–Crippen MR) is 54.7 cm³/mol. The van der Waals surface area contributed by atoms with Crippen molar-refractivity contribution in [3.05, 3.63) is 22.4 Å². The Morgan fingerprint density at radius 2 is 2.33 bits per heavy atom. The van der Waals surface area contributed by atoms with Crippen LogP contribution in [0.15, 0.2) is 11.0 Å². The molecule has 0 aliphatic carbocycles. The molecule has 2 aromatic rings. The van der Waals surface area contributed by atoms with Gasteiger partial charge in [0.1, 0.15) is 16.9 Å². The van der Waals surface area contributed by atoms with Crippen LogP contribution in [-0.4, -0.2) is 45.2 Å². The molecule has 3 heterocycles. The van der Waals surface area contributed by atoms with E-state index in [9.17, 15) is 4.79 Å². The van der Waals surface area contributed by atoms with Crippen LogP contribution >= 0.6 is 0 Å². The second-order valence-corrected chi connectivity index (χ2v) is 4.00. The van der Waals surface area contributed by atoms with Crippen LogP contribution in [0.1, 0.15) is 11.7 Å². The summed E-state index contributed by atoms with van der Waals surface area (Å²) >= 11 is 0. The van der Waals surface area contributed by atoms with Gasteiger partial charge in [0.2, 0.25) is 0 Å². The van der Waals surface area contributed by atoms with E-state index in [2.05, 4.69) is 25.1 Å². The Morgan fingerprint density at radius 1 is 1.53 bits per heavy atom. The molecule has 78 valence electrons. The SMILES string of the molecule is CN1CC(c2nc3cn[nH]c3c(=O)[nH]2)C1. The quantitative estimate of drug-likeness (QED) is 0.668. The Hall–Kier alpha value is -1.69. The Kier molecular flexibility index (Phi) is 1.66. The molecule has 0 aromatic carbocycles. The van der Waals surface area contributed by atoms with E-state index in [0.29, 0.717) is 17.0 Å². The summed E-state index contributed by atoms with van der Waals surface area (Å²) in [6.45, 7) is 1.90. The maximum Gasteiger partial charge on any atom is 0.276 e. The van der Waals surface area contributed by atoms with E-state index in [1.165, 1.54) is 0 Å². The molecular formula is C9H11N5O. The molecule has 0 saturated carbocycles. The van der Waals surface area contributed by atoms with Crippen molar-refractivity contribution in [3.8, 4) is 0 Å². The summed E-state index contributed by atoms with van der Waals surface area (Å²) < 4.78 is 0. The smallest absolute Gasteiger partial charge is 0.276 e. The third-order valence-corrected chi connectivity index (χ3v) is 2.78. The van der Waals surface area contributed by atoms with Crippen molar-refractivity contribution in [1.29, 1.82) is 0 Å². The van der Waals surface area contributed by atoms with Crippen molar-refractivity contribution in [2.45, 2.75) is 5.92 Å². The highest BCUT2D eigenvalue weighted by molar-refractivity contribution is 5.71. The first kappa shape index (κ1) is 8.60. The fraction of sp³-hybridized carbons (Fsp3) is 0.444. The fourth-order valence-corrected chi connectivity index (χ4v) is 1.93. The third-order valence-electron chi connectivity index (χ3n) is 2.78. The number of rotatable bonds is 1. The first-order chi connectivity index (χ1) is 7.24. The van der Waals surface area contributed by atoms with E-state index in [0.717, 1.165) is 18.9 Å². The van der Waals surface area contributed by atoms with Crippen molar-refractivity contribution >= 4 is 11.0 Å². The van der Waals surface area contributed by atoms with Crippen LogP contribution in [0.3, 0.4) is 0 Å². The van der Waals surface area contributed by atoms with Gasteiger partial charge in [0.15, 0.2) is 0 Å². The van der Waals surface area contributed by atoms with Crippen molar-refractivity contribution in [3.63, 3.8) is 0 Å². The number of aromatic nitrogens is 4. The number of H-pyrrole nitrogens is 2. The molecule has 1 aliphatic heterocycles. The molecule has 0 amide bonds. The van der Waals surface area contributed by atoms with Gasteiger partial charge in [-0.25, -0.2) is 4.98 Å². The summed E-state index contributed by atoms with van der Waals surface area (Å²) in [5.41, 5.74) is 0.955. The third kappa shape index (κ3) is 1.25. The Bertz CT molecular complexity index is 551. The minimum atomic E-state index is -0.137. The van der Waals surface area contributed by atoms with Crippen LogP contribution in [0.2, 0.25) is 0 Å². The normalized spacial score (nSPS) is 18.2. The summed E-state index contributed by atoms with van der Waals surface area (Å²) in [7, 11) is 2.05. The average molecular weight is 205 g/mol. The lowest BCUT2D eigenvalue weighted by atomic mass is 10.0. The Morgan fingerprint density at radius 3 is 3.07 bits per heavy atom. The summed E-state index contributed by atoms with van der Waals surface area (Å²) in [5.74, 6) is 1.12. The lowest BCUT2D eigenvalue weighted by Gasteiger charge is -2.35. The van der Waals surface area contributed by atoms with E-state index in [1.807, 2.05) is 7.05 Å². The monoisotopic (exact) mass is 205 g/mol. The topological polar surface area (TPSA) is 77.7 Å². The fourth-order valence-electron chi connectivity index (χ4n) is 1.93. The van der Waals surface area contributed by atoms with Crippen molar-refractivity contribution in [2.75, 3.05) is 20.1 Å². The summed E-state index contributed by atoms with van der Waals surface area (Å²) in [4.78, 5) is 21.0. The van der Waals surface area contributed by atoms with Crippen molar-refractivity contribution < 1.29 is 0 Å². The molecule has 1 fully saturated rings. The van der Waals surface area contributed by atoms with Gasteiger partial charge in [-0.15, -0.1) is 0 Å². The number of nitrogens with zero attached hydrogens (tertiary/aromatic N) is 3. The lowest BCUT2D eigenvalue weighted by Crippen LogP contribution is -2.43. The molecule has 1 aliphatic rings. The van der Waals surface area contributed by atoms with E-state index >= 15 is 0 Å². The molecule has 0 bridgehead atoms. The second kappa shape index (κ2) is 2.90. The molecule has 3 rings (SSSR count). The van der Waals surface area contributed by atoms with Gasteiger partial charge in [-0.1, -0.05) is 0 Å². The van der Waals surface area contributed by atoms with E-state index < -0.39 is 0 Å². The Balaban J connectivity index is 2.09. The van der Waals surface area contributed by atoms with Crippen LogP contribution in [0.25, 0.3) is 11.0 Å². The highest BCUT2D eigenvalue weighted by atomic mass is 16.1. The minimum Gasteiger partial charge on any atom is -0.308 e. The van der Waals surface area contributed by atoms with Crippen molar-refractivity contribution in [2.24, 2.45) is 0 Å². The van der Waals surface area contributed by atoms with Crippen LogP contribution in [0.5, 0.6) is 0 Å². The maximum absolute atomic E-state index is 11.6. The molecule has 0 radical (unpaired) electrons. The van der Waals surface area contributed by atoms with Gasteiger partial charge in [-0.05, 0) is 7.05 Å². The van der Waals surface area contributed by atoms with E-state index in [1.54, 1.807) is 6.20 Å². The van der Waals surface area contributed by atoms with Crippen LogP contribution in [0, 0.1) is 0 Å². The first-order valence-electron chi connectivity index (χ1n) is 4.86. The standard InChI is InChI=1S/C9H11N5O/c1-14-3-5(4-14)8-11-6-2-10-13-7(6)9(15)12-8/h2,5H,3-4H2,1H3,(H,10,13)(H,11,12,15). The molecule has 2 N–H and O–H groups in total. The number of hydrogen-bond acceptors (Lipinski definition) is 4. The molecule has 0 atom stereocenters. The second-order valence-electron chi connectivity index (χ2n) is 4.00. The summed E-state index contributed by atoms with van der Waals surface area (Å²) in [6, 6.07) is 0. The zero-order valence-electron chi connectivity index (χ0n) is 8.32. The number of fused-ring (bicyclic) bond motifs is 1. The van der Waals surface area contributed by atoms with Gasteiger partial charge in [0.05, 0.1) is 6.20 Å². The maximum atomic E-state index is 11.6. The zero-order valence-corrected chi connectivity index (χ0v) is 8.32. The summed E-state index contributed by atoms with van der Waals surface area (Å²) in [6.07, 6.45) is 1.58. The number of likely N-dealkylation sites (tertiary alicyclic amines) is 1. The van der Waals surface area contributed by atoms with Gasteiger partial charge in [-0.2, -0.15) is 5.10 Å². The number of hydrogen-bond donors (Lipinski definition) is 2. The van der Waals surface area contributed by atoms with Crippen molar-refractivity contribution in [1.82, 2.24) is 25.1 Å². The summed E-state index contributed by atoms with van der Waals surface area (Å²) in [5, 5.41) is 6.44. The van der Waals surface area contributed by atoms with Gasteiger partial charge in [0.25, 0.3) is 5.56 Å². The largest absolute Gasteiger partial charge is 0.308 e. The highest BCUT2D eigenvalue weighted by Crippen LogP contribution is 2.22. The number of likely N-dealkylation sites (N-methyl/N-ethyl adjacent to an activating group) is 1. The van der Waals surface area contributed by atoms with Gasteiger partial charge >= 0.3 is 0 Å².